The van der Waals surface area contributed by atoms with Crippen molar-refractivity contribution in [3.05, 3.63) is 59.7 Å². The summed E-state index contributed by atoms with van der Waals surface area (Å²) in [7, 11) is 1.54. The summed E-state index contributed by atoms with van der Waals surface area (Å²) in [6.07, 6.45) is 3.43. The average Bonchev–Trinajstić information content (AvgIpc) is 2.88. The number of amides is 1. The second-order valence-corrected chi connectivity index (χ2v) is 8.95. The molecule has 1 spiro atoms. The molecular weight excluding hydrogens is 434 g/mol. The van der Waals surface area contributed by atoms with Crippen LogP contribution in [0, 0.1) is 0 Å². The van der Waals surface area contributed by atoms with Crippen molar-refractivity contribution in [3.8, 4) is 11.5 Å². The highest BCUT2D eigenvalue weighted by Crippen LogP contribution is 2.44. The number of carbonyl (C=O) groups excluding carboxylic acids is 1. The fraction of sp³-hybridized carbons (Fsp3) is 0.519. The lowest BCUT2D eigenvalue weighted by molar-refractivity contribution is -0.190. The summed E-state index contributed by atoms with van der Waals surface area (Å²) >= 11 is 0. The molecule has 184 valence electrons. The van der Waals surface area contributed by atoms with E-state index in [1.807, 2.05) is 30.0 Å². The monoisotopic (exact) mass is 469 g/mol. The Morgan fingerprint density at radius 1 is 1.15 bits per heavy atom. The number of hydrogen-bond donors (Lipinski definition) is 1. The van der Waals surface area contributed by atoms with E-state index in [9.17, 15) is 4.79 Å². The van der Waals surface area contributed by atoms with Crippen LogP contribution in [0.4, 0.5) is 0 Å². The average molecular weight is 470 g/mol. The third kappa shape index (κ3) is 5.54. The van der Waals surface area contributed by atoms with Gasteiger partial charge in [0.05, 0.1) is 31.5 Å². The number of aliphatic hydroxyl groups excluding tert-OH is 1. The number of aliphatic hydroxyl groups is 1. The van der Waals surface area contributed by atoms with Gasteiger partial charge in [-0.3, -0.25) is 4.79 Å². The summed E-state index contributed by atoms with van der Waals surface area (Å²) in [6, 6.07) is 15.5. The molecule has 2 aromatic carbocycles. The predicted molar refractivity (Wildman–Crippen MR) is 128 cm³/mol. The number of rotatable bonds is 8. The second-order valence-electron chi connectivity index (χ2n) is 8.95. The van der Waals surface area contributed by atoms with Gasteiger partial charge < -0.3 is 29.0 Å². The van der Waals surface area contributed by atoms with E-state index in [-0.39, 0.29) is 36.9 Å². The number of carbonyl (C=O) groups is 1. The van der Waals surface area contributed by atoms with Crippen LogP contribution in [0.5, 0.6) is 11.5 Å². The van der Waals surface area contributed by atoms with Gasteiger partial charge in [-0.25, -0.2) is 0 Å². The molecular formula is C27H35NO6. The van der Waals surface area contributed by atoms with Crippen molar-refractivity contribution in [2.45, 2.75) is 50.4 Å². The molecule has 2 unspecified atom stereocenters. The van der Waals surface area contributed by atoms with E-state index in [0.717, 1.165) is 25.7 Å². The topological polar surface area (TPSA) is 77.5 Å². The third-order valence-electron chi connectivity index (χ3n) is 6.76. The highest BCUT2D eigenvalue weighted by atomic mass is 16.5. The van der Waals surface area contributed by atoms with Crippen LogP contribution in [0.2, 0.25) is 0 Å². The minimum absolute atomic E-state index is 0.00415. The van der Waals surface area contributed by atoms with Gasteiger partial charge in [0, 0.05) is 38.1 Å². The van der Waals surface area contributed by atoms with E-state index in [4.69, 9.17) is 24.1 Å². The molecule has 2 heterocycles. The van der Waals surface area contributed by atoms with Gasteiger partial charge in [0.1, 0.15) is 6.61 Å². The third-order valence-corrected chi connectivity index (χ3v) is 6.76. The Labute approximate surface area is 201 Å². The van der Waals surface area contributed by atoms with Crippen LogP contribution in [-0.4, -0.2) is 67.6 Å². The maximum atomic E-state index is 13.2. The van der Waals surface area contributed by atoms with Crippen LogP contribution in [0.3, 0.4) is 0 Å². The van der Waals surface area contributed by atoms with Crippen molar-refractivity contribution in [2.24, 2.45) is 0 Å². The van der Waals surface area contributed by atoms with Crippen LogP contribution in [-0.2, 0) is 9.47 Å². The first kappa shape index (κ1) is 24.5. The van der Waals surface area contributed by atoms with Gasteiger partial charge in [-0.15, -0.1) is 0 Å². The number of piperidine rings is 1. The maximum Gasteiger partial charge on any atom is 0.253 e. The van der Waals surface area contributed by atoms with E-state index in [2.05, 4.69) is 12.1 Å². The molecule has 2 saturated heterocycles. The molecule has 0 aromatic heterocycles. The molecule has 34 heavy (non-hydrogen) atoms. The van der Waals surface area contributed by atoms with E-state index >= 15 is 0 Å². The number of methoxy groups -OCH3 is 1. The molecule has 2 atom stereocenters. The molecule has 0 bridgehead atoms. The summed E-state index contributed by atoms with van der Waals surface area (Å²) < 4.78 is 23.7. The van der Waals surface area contributed by atoms with E-state index in [0.29, 0.717) is 36.8 Å². The summed E-state index contributed by atoms with van der Waals surface area (Å²) in [4.78, 5) is 15.1. The maximum absolute atomic E-state index is 13.2. The van der Waals surface area contributed by atoms with Crippen molar-refractivity contribution in [1.29, 1.82) is 0 Å². The molecule has 0 saturated carbocycles. The first-order valence-corrected chi connectivity index (χ1v) is 12.1. The van der Waals surface area contributed by atoms with Crippen molar-refractivity contribution < 1.29 is 28.8 Å². The molecule has 2 fully saturated rings. The van der Waals surface area contributed by atoms with Crippen LogP contribution >= 0.6 is 0 Å². The minimum atomic E-state index is -0.283. The highest BCUT2D eigenvalue weighted by Gasteiger charge is 2.45. The molecule has 7 nitrogen and oxygen atoms in total. The van der Waals surface area contributed by atoms with Gasteiger partial charge in [-0.05, 0) is 43.5 Å². The number of ether oxygens (including phenoxy) is 4. The lowest BCUT2D eigenvalue weighted by Gasteiger charge is -2.48. The first-order chi connectivity index (χ1) is 16.6. The van der Waals surface area contributed by atoms with Crippen molar-refractivity contribution >= 4 is 5.91 Å². The first-order valence-electron chi connectivity index (χ1n) is 12.1. The zero-order valence-corrected chi connectivity index (χ0v) is 20.1. The van der Waals surface area contributed by atoms with E-state index in [1.54, 1.807) is 25.3 Å². The highest BCUT2D eigenvalue weighted by molar-refractivity contribution is 5.95. The summed E-state index contributed by atoms with van der Waals surface area (Å²) in [5.74, 6) is 0.961. The molecule has 4 rings (SSSR count). The molecule has 7 heteroatoms. The minimum Gasteiger partial charge on any atom is -0.493 e. The molecule has 0 aliphatic carbocycles. The Morgan fingerprint density at radius 3 is 2.59 bits per heavy atom. The number of hydrogen-bond acceptors (Lipinski definition) is 6. The number of nitrogens with zero attached hydrogens (tertiary/aromatic N) is 1. The Hall–Kier alpha value is -2.61. The van der Waals surface area contributed by atoms with Gasteiger partial charge in [0.25, 0.3) is 5.91 Å². The van der Waals surface area contributed by atoms with Gasteiger partial charge >= 0.3 is 0 Å². The second kappa shape index (κ2) is 11.2. The van der Waals surface area contributed by atoms with Gasteiger partial charge in [0.2, 0.25) is 0 Å². The largest absolute Gasteiger partial charge is 0.493 e. The molecule has 1 N–H and O–H groups in total. The number of likely N-dealkylation sites (tertiary alicyclic amines) is 1. The zero-order chi connectivity index (χ0) is 24.0. The van der Waals surface area contributed by atoms with Crippen molar-refractivity contribution in [3.63, 3.8) is 0 Å². The summed E-state index contributed by atoms with van der Waals surface area (Å²) in [5, 5.41) is 8.99. The molecule has 2 aromatic rings. The lowest BCUT2D eigenvalue weighted by Crippen LogP contribution is -2.52. The van der Waals surface area contributed by atoms with Gasteiger partial charge in [-0.2, -0.15) is 0 Å². The zero-order valence-electron chi connectivity index (χ0n) is 20.1. The molecule has 2 aliphatic heterocycles. The van der Waals surface area contributed by atoms with E-state index < -0.39 is 0 Å². The van der Waals surface area contributed by atoms with Crippen LogP contribution in [0.25, 0.3) is 0 Å². The molecule has 0 radical (unpaired) electrons. The lowest BCUT2D eigenvalue weighted by atomic mass is 9.80. The van der Waals surface area contributed by atoms with Gasteiger partial charge in [-0.1, -0.05) is 30.3 Å². The SMILES string of the molecule is CCOC1CC(c2ccccc2)OC2(CCN(C(=O)c3ccc(OCCO)c(OC)c3)CC2)C1. The standard InChI is InChI=1S/C27H35NO6/c1-3-32-22-18-24(20-7-5-4-6-8-20)34-27(19-22)11-13-28(14-12-27)26(30)21-9-10-23(33-16-15-29)25(17-21)31-2/h4-10,17,22,24,29H,3,11-16,18-19H2,1-2H3. The quantitative estimate of drug-likeness (QED) is 0.630. The van der Waals surface area contributed by atoms with Crippen LogP contribution in [0.15, 0.2) is 48.5 Å². The Morgan fingerprint density at radius 2 is 1.91 bits per heavy atom. The fourth-order valence-corrected chi connectivity index (χ4v) is 5.07. The van der Waals surface area contributed by atoms with Crippen molar-refractivity contribution in [2.75, 3.05) is 40.0 Å². The number of benzene rings is 2. The van der Waals surface area contributed by atoms with Gasteiger partial charge in [0.15, 0.2) is 11.5 Å². The van der Waals surface area contributed by atoms with Crippen molar-refractivity contribution in [1.82, 2.24) is 4.90 Å². The van der Waals surface area contributed by atoms with E-state index in [1.165, 1.54) is 5.56 Å². The Kier molecular flexibility index (Phi) is 8.08. The normalized spacial score (nSPS) is 21.9. The molecule has 1 amide bonds. The Bertz CT molecular complexity index is 941. The van der Waals surface area contributed by atoms with Crippen LogP contribution < -0.4 is 9.47 Å². The molecule has 2 aliphatic rings. The predicted octanol–water partition coefficient (Wildman–Crippen LogP) is 4.00. The fourth-order valence-electron chi connectivity index (χ4n) is 5.07. The van der Waals surface area contributed by atoms with Crippen LogP contribution in [0.1, 0.15) is 54.6 Å². The Balaban J connectivity index is 1.44. The summed E-state index contributed by atoms with van der Waals surface area (Å²) in [5.41, 5.74) is 1.46. The smallest absolute Gasteiger partial charge is 0.253 e. The summed E-state index contributed by atoms with van der Waals surface area (Å²) in [6.45, 7) is 4.07.